The number of aliphatic imine (C=N–C) groups is 1. The van der Waals surface area contributed by atoms with Crippen molar-refractivity contribution in [1.29, 1.82) is 0 Å². The fraction of sp³-hybridized carbons (Fsp3) is 0.857. The molecule has 2 aliphatic rings. The summed E-state index contributed by atoms with van der Waals surface area (Å²) in [6, 6.07) is 0.631. The summed E-state index contributed by atoms with van der Waals surface area (Å²) in [5.74, 6) is 1.54. The normalized spacial score (nSPS) is 22.7. The third-order valence-electron chi connectivity index (χ3n) is 6.00. The number of hydrogen-bond donors (Lipinski definition) is 2. The van der Waals surface area contributed by atoms with Crippen molar-refractivity contribution < 1.29 is 14.3 Å². The third kappa shape index (κ3) is 8.85. The number of carbonyl (C=O) groups is 2. The summed E-state index contributed by atoms with van der Waals surface area (Å²) in [7, 11) is 3.49. The first-order valence-corrected chi connectivity index (χ1v) is 11.1. The summed E-state index contributed by atoms with van der Waals surface area (Å²) in [5, 5.41) is 7.06. The van der Waals surface area contributed by atoms with E-state index in [2.05, 4.69) is 22.5 Å². The van der Waals surface area contributed by atoms with Gasteiger partial charge in [-0.15, -0.1) is 24.0 Å². The van der Waals surface area contributed by atoms with E-state index in [1.165, 1.54) is 19.3 Å². The molecule has 0 unspecified atom stereocenters. The molecule has 0 aromatic carbocycles. The molecule has 2 rings (SSSR count). The maximum atomic E-state index is 12.0. The minimum atomic E-state index is -0.234. The van der Waals surface area contributed by atoms with Gasteiger partial charge in [-0.25, -0.2) is 9.79 Å². The van der Waals surface area contributed by atoms with Crippen LogP contribution in [0.1, 0.15) is 58.8 Å². The van der Waals surface area contributed by atoms with Crippen LogP contribution in [0.4, 0.5) is 4.79 Å². The average molecular weight is 537 g/mol. The van der Waals surface area contributed by atoms with Gasteiger partial charge in [-0.3, -0.25) is 4.79 Å². The molecule has 0 bridgehead atoms. The molecule has 0 atom stereocenters. The smallest absolute Gasteiger partial charge is 0.409 e. The van der Waals surface area contributed by atoms with Crippen molar-refractivity contribution in [2.24, 2.45) is 10.9 Å². The Labute approximate surface area is 198 Å². The molecule has 2 fully saturated rings. The Morgan fingerprint density at radius 2 is 1.57 bits per heavy atom. The van der Waals surface area contributed by atoms with Crippen LogP contribution in [0.2, 0.25) is 0 Å². The summed E-state index contributed by atoms with van der Waals surface area (Å²) >= 11 is 0. The Morgan fingerprint density at radius 3 is 2.07 bits per heavy atom. The van der Waals surface area contributed by atoms with Crippen molar-refractivity contribution >= 4 is 41.9 Å². The molecule has 1 saturated heterocycles. The molecule has 174 valence electrons. The SMILES string of the molecule is CCOC(=O)N1CCC(NC(=NCC(=O)N(C)C)NC2CCC(CC)CC2)CC1.I. The summed E-state index contributed by atoms with van der Waals surface area (Å²) in [6.07, 6.45) is 7.47. The Hall–Kier alpha value is -1.26. The fourth-order valence-electron chi connectivity index (χ4n) is 3.94. The molecule has 0 spiro atoms. The minimum Gasteiger partial charge on any atom is -0.450 e. The highest BCUT2D eigenvalue weighted by atomic mass is 127. The molecule has 0 aromatic heterocycles. The second-order valence-corrected chi connectivity index (χ2v) is 8.33. The highest BCUT2D eigenvalue weighted by Gasteiger charge is 2.26. The number of likely N-dealkylation sites (N-methyl/N-ethyl adjacent to an activating group) is 1. The fourth-order valence-corrected chi connectivity index (χ4v) is 3.94. The number of rotatable bonds is 6. The maximum absolute atomic E-state index is 12.0. The first-order valence-electron chi connectivity index (χ1n) is 11.1. The van der Waals surface area contributed by atoms with Crippen LogP contribution < -0.4 is 10.6 Å². The van der Waals surface area contributed by atoms with Gasteiger partial charge >= 0.3 is 6.09 Å². The van der Waals surface area contributed by atoms with Gasteiger partial charge in [0.25, 0.3) is 0 Å². The lowest BCUT2D eigenvalue weighted by molar-refractivity contribution is -0.127. The lowest BCUT2D eigenvalue weighted by atomic mass is 9.84. The molecule has 9 heteroatoms. The van der Waals surface area contributed by atoms with Crippen LogP contribution in [0.15, 0.2) is 4.99 Å². The molecule has 8 nitrogen and oxygen atoms in total. The van der Waals surface area contributed by atoms with Crippen molar-refractivity contribution in [1.82, 2.24) is 20.4 Å². The van der Waals surface area contributed by atoms with Gasteiger partial charge in [0.05, 0.1) is 6.61 Å². The summed E-state index contributed by atoms with van der Waals surface area (Å²) in [4.78, 5) is 31.8. The van der Waals surface area contributed by atoms with E-state index in [1.807, 2.05) is 6.92 Å². The van der Waals surface area contributed by atoms with E-state index >= 15 is 0 Å². The highest BCUT2D eigenvalue weighted by molar-refractivity contribution is 14.0. The first-order chi connectivity index (χ1) is 13.9. The topological polar surface area (TPSA) is 86.3 Å². The molecule has 30 heavy (non-hydrogen) atoms. The van der Waals surface area contributed by atoms with Crippen LogP contribution in [0.5, 0.6) is 0 Å². The average Bonchev–Trinajstić information content (AvgIpc) is 2.73. The number of piperidine rings is 1. The van der Waals surface area contributed by atoms with Crippen LogP contribution in [0.3, 0.4) is 0 Å². The van der Waals surface area contributed by atoms with Crippen molar-refractivity contribution in [3.63, 3.8) is 0 Å². The largest absolute Gasteiger partial charge is 0.450 e. The number of guanidine groups is 1. The maximum Gasteiger partial charge on any atom is 0.409 e. The molecule has 1 aliphatic heterocycles. The van der Waals surface area contributed by atoms with Gasteiger partial charge in [-0.2, -0.15) is 0 Å². The van der Waals surface area contributed by atoms with Gasteiger partial charge in [0.15, 0.2) is 5.96 Å². The number of amides is 2. The summed E-state index contributed by atoms with van der Waals surface area (Å²) in [5.41, 5.74) is 0. The predicted octanol–water partition coefficient (Wildman–Crippen LogP) is 2.82. The van der Waals surface area contributed by atoms with Crippen LogP contribution in [-0.4, -0.2) is 80.2 Å². The van der Waals surface area contributed by atoms with E-state index in [0.29, 0.717) is 25.7 Å². The van der Waals surface area contributed by atoms with E-state index in [0.717, 1.165) is 37.6 Å². The van der Waals surface area contributed by atoms with Crippen LogP contribution >= 0.6 is 24.0 Å². The molecule has 0 radical (unpaired) electrons. The highest BCUT2D eigenvalue weighted by Crippen LogP contribution is 2.26. The lowest BCUT2D eigenvalue weighted by Crippen LogP contribution is -2.52. The Bertz CT molecular complexity index is 557. The Kier molecular flexibility index (Phi) is 12.4. The van der Waals surface area contributed by atoms with Crippen LogP contribution in [-0.2, 0) is 9.53 Å². The van der Waals surface area contributed by atoms with Gasteiger partial charge in [-0.1, -0.05) is 13.3 Å². The molecule has 1 saturated carbocycles. The molecule has 0 aromatic rings. The van der Waals surface area contributed by atoms with Crippen molar-refractivity contribution in [2.45, 2.75) is 70.9 Å². The van der Waals surface area contributed by atoms with Gasteiger partial charge in [-0.05, 0) is 51.4 Å². The van der Waals surface area contributed by atoms with Crippen LogP contribution in [0, 0.1) is 5.92 Å². The molecular formula is C21H40IN5O3. The summed E-state index contributed by atoms with van der Waals surface area (Å²) < 4.78 is 5.09. The van der Waals surface area contributed by atoms with E-state index in [9.17, 15) is 9.59 Å². The lowest BCUT2D eigenvalue weighted by Gasteiger charge is -2.34. The van der Waals surface area contributed by atoms with E-state index in [4.69, 9.17) is 4.74 Å². The number of halogens is 1. The Morgan fingerprint density at radius 1 is 1.00 bits per heavy atom. The Balaban J connectivity index is 0.00000450. The number of hydrogen-bond acceptors (Lipinski definition) is 4. The second-order valence-electron chi connectivity index (χ2n) is 8.33. The molecule has 2 N–H and O–H groups in total. The molecule has 1 heterocycles. The van der Waals surface area contributed by atoms with E-state index in [-0.39, 0.29) is 48.6 Å². The molecule has 2 amide bonds. The number of ether oxygens (including phenoxy) is 1. The van der Waals surface area contributed by atoms with E-state index < -0.39 is 0 Å². The third-order valence-corrected chi connectivity index (χ3v) is 6.00. The van der Waals surface area contributed by atoms with Crippen molar-refractivity contribution in [2.75, 3.05) is 40.3 Å². The number of nitrogens with zero attached hydrogens (tertiary/aromatic N) is 3. The number of likely N-dealkylation sites (tertiary alicyclic amines) is 1. The van der Waals surface area contributed by atoms with Crippen LogP contribution in [0.25, 0.3) is 0 Å². The monoisotopic (exact) mass is 537 g/mol. The number of carbonyl (C=O) groups excluding carboxylic acids is 2. The summed E-state index contributed by atoms with van der Waals surface area (Å²) in [6.45, 7) is 5.96. The zero-order chi connectivity index (χ0) is 21.2. The van der Waals surface area contributed by atoms with Gasteiger partial charge in [0, 0.05) is 39.3 Å². The minimum absolute atomic E-state index is 0. The quantitative estimate of drug-likeness (QED) is 0.309. The van der Waals surface area contributed by atoms with Gasteiger partial charge in [0.2, 0.25) is 5.91 Å². The number of nitrogens with one attached hydrogen (secondary N) is 2. The zero-order valence-corrected chi connectivity index (χ0v) is 21.3. The predicted molar refractivity (Wildman–Crippen MR) is 130 cm³/mol. The first kappa shape index (κ1) is 26.8. The second kappa shape index (κ2) is 13.9. The van der Waals surface area contributed by atoms with Crippen molar-refractivity contribution in [3.8, 4) is 0 Å². The standard InChI is InChI=1S/C21H39N5O3.HI/c1-5-16-7-9-17(10-8-16)23-20(22-15-19(27)25(3)4)24-18-11-13-26(14-12-18)21(28)29-6-2;/h16-18H,5-15H2,1-4H3,(H2,22,23,24);1H. The molecular weight excluding hydrogens is 497 g/mol. The zero-order valence-electron chi connectivity index (χ0n) is 19.0. The van der Waals surface area contributed by atoms with Gasteiger partial charge in [0.1, 0.15) is 6.54 Å². The van der Waals surface area contributed by atoms with Gasteiger partial charge < -0.3 is 25.2 Å². The van der Waals surface area contributed by atoms with Crippen molar-refractivity contribution in [3.05, 3.63) is 0 Å². The molecule has 1 aliphatic carbocycles. The van der Waals surface area contributed by atoms with E-state index in [1.54, 1.807) is 23.9 Å².